The average molecular weight is 493 g/mol. The molecule has 2 aromatic rings. The molecule has 0 saturated heterocycles. The van der Waals surface area contributed by atoms with Crippen LogP contribution in [0.15, 0.2) is 48.5 Å². The zero-order chi connectivity index (χ0) is 26.2. The van der Waals surface area contributed by atoms with Crippen molar-refractivity contribution in [1.82, 2.24) is 10.6 Å². The molecule has 0 radical (unpaired) electrons. The van der Waals surface area contributed by atoms with E-state index in [9.17, 15) is 19.2 Å². The monoisotopic (exact) mass is 492 g/mol. The van der Waals surface area contributed by atoms with Crippen molar-refractivity contribution in [1.29, 1.82) is 0 Å². The van der Waals surface area contributed by atoms with Gasteiger partial charge in [-0.2, -0.15) is 0 Å². The lowest BCUT2D eigenvalue weighted by Crippen LogP contribution is -2.40. The minimum Gasteiger partial charge on any atom is -0.349 e. The Hall–Kier alpha value is -3.68. The summed E-state index contributed by atoms with van der Waals surface area (Å²) in [5, 5.41) is 11.7. The molecule has 1 saturated carbocycles. The number of nitrogens with one attached hydrogen (secondary N) is 4. The average Bonchev–Trinajstić information content (AvgIpc) is 2.83. The number of carbonyl (C=O) groups is 4. The third-order valence-electron chi connectivity index (χ3n) is 6.55. The summed E-state index contributed by atoms with van der Waals surface area (Å²) in [6, 6.07) is 14.4. The van der Waals surface area contributed by atoms with Crippen LogP contribution in [0.4, 0.5) is 11.4 Å². The minimum absolute atomic E-state index is 0.0546. The zero-order valence-corrected chi connectivity index (χ0v) is 21.4. The fourth-order valence-electron chi connectivity index (χ4n) is 4.67. The second-order valence-corrected chi connectivity index (χ2v) is 9.63. The highest BCUT2D eigenvalue weighted by atomic mass is 16.2. The highest BCUT2D eigenvalue weighted by Gasteiger charge is 2.32. The normalized spacial score (nSPS) is 18.9. The number of benzene rings is 2. The van der Waals surface area contributed by atoms with Crippen molar-refractivity contribution in [3.8, 4) is 0 Å². The Morgan fingerprint density at radius 1 is 0.722 bits per heavy atom. The Morgan fingerprint density at radius 3 is 1.53 bits per heavy atom. The summed E-state index contributed by atoms with van der Waals surface area (Å²) in [5.74, 6) is -0.861. The quantitative estimate of drug-likeness (QED) is 0.435. The first kappa shape index (κ1) is 26.9. The fraction of sp³-hybridized carbons (Fsp3) is 0.429. The van der Waals surface area contributed by atoms with Crippen molar-refractivity contribution in [2.75, 3.05) is 10.6 Å². The van der Waals surface area contributed by atoms with E-state index < -0.39 is 0 Å². The van der Waals surface area contributed by atoms with E-state index in [-0.39, 0.29) is 47.5 Å². The molecule has 4 amide bonds. The van der Waals surface area contributed by atoms with Crippen LogP contribution in [0, 0.1) is 11.8 Å². The summed E-state index contributed by atoms with van der Waals surface area (Å²) in [6.45, 7) is 6.73. The summed E-state index contributed by atoms with van der Waals surface area (Å²) in [6.07, 6.45) is 2.83. The van der Waals surface area contributed by atoms with Gasteiger partial charge in [-0.25, -0.2) is 0 Å². The standard InChI is InChI=1S/C28H36N4O4/c1-17(21-8-6-12-25(15-21)31-19(3)33)29-27(35)23-10-5-11-24(14-23)28(36)30-18(2)22-9-7-13-26(16-22)32-20(4)34/h6-9,12-13,15-18,23-24H,5,10-11,14H2,1-4H3,(H,29,35)(H,30,36)(H,31,33)(H,32,34). The van der Waals surface area contributed by atoms with Gasteiger partial charge < -0.3 is 21.3 Å². The number of carbonyl (C=O) groups excluding carboxylic acids is 4. The maximum Gasteiger partial charge on any atom is 0.223 e. The van der Waals surface area contributed by atoms with E-state index in [1.54, 1.807) is 12.1 Å². The van der Waals surface area contributed by atoms with Crippen LogP contribution in [-0.2, 0) is 19.2 Å². The minimum atomic E-state index is -0.228. The molecule has 0 aliphatic heterocycles. The second-order valence-electron chi connectivity index (χ2n) is 9.63. The first-order valence-corrected chi connectivity index (χ1v) is 12.5. The van der Waals surface area contributed by atoms with Crippen molar-refractivity contribution < 1.29 is 19.2 Å². The highest BCUT2D eigenvalue weighted by molar-refractivity contribution is 5.89. The van der Waals surface area contributed by atoms with Gasteiger partial charge in [-0.05, 0) is 68.5 Å². The van der Waals surface area contributed by atoms with Crippen LogP contribution in [-0.4, -0.2) is 23.6 Å². The molecule has 8 nitrogen and oxygen atoms in total. The number of hydrogen-bond donors (Lipinski definition) is 4. The van der Waals surface area contributed by atoms with Gasteiger partial charge in [-0.15, -0.1) is 0 Å². The van der Waals surface area contributed by atoms with Crippen LogP contribution in [0.1, 0.15) is 76.6 Å². The molecule has 4 N–H and O–H groups in total. The van der Waals surface area contributed by atoms with Gasteiger partial charge in [0.25, 0.3) is 0 Å². The molecule has 8 heteroatoms. The largest absolute Gasteiger partial charge is 0.349 e. The Kier molecular flexibility index (Phi) is 9.22. The molecule has 1 fully saturated rings. The van der Waals surface area contributed by atoms with Gasteiger partial charge in [0.2, 0.25) is 23.6 Å². The van der Waals surface area contributed by atoms with Crippen LogP contribution in [0.2, 0.25) is 0 Å². The summed E-state index contributed by atoms with van der Waals surface area (Å²) in [7, 11) is 0. The molecule has 0 bridgehead atoms. The van der Waals surface area contributed by atoms with E-state index in [0.29, 0.717) is 17.8 Å². The summed E-state index contributed by atoms with van der Waals surface area (Å²) in [5.41, 5.74) is 3.17. The first-order valence-electron chi connectivity index (χ1n) is 12.5. The molecule has 4 unspecified atom stereocenters. The first-order chi connectivity index (χ1) is 17.1. The van der Waals surface area contributed by atoms with Gasteiger partial charge in [-0.3, -0.25) is 19.2 Å². The van der Waals surface area contributed by atoms with Crippen LogP contribution < -0.4 is 21.3 Å². The summed E-state index contributed by atoms with van der Waals surface area (Å²) in [4.78, 5) is 48.7. The SMILES string of the molecule is CC(=O)Nc1cccc(C(C)NC(=O)C2CCCC(C(=O)NC(C)c3cccc(NC(C)=O)c3)C2)c1. The molecule has 4 atom stereocenters. The Morgan fingerprint density at radius 2 is 1.14 bits per heavy atom. The number of hydrogen-bond acceptors (Lipinski definition) is 4. The Bertz CT molecular complexity index is 1030. The van der Waals surface area contributed by atoms with E-state index in [0.717, 1.165) is 30.4 Å². The van der Waals surface area contributed by atoms with E-state index >= 15 is 0 Å². The number of rotatable bonds is 8. The molecule has 3 rings (SSSR count). The highest BCUT2D eigenvalue weighted by Crippen LogP contribution is 2.31. The van der Waals surface area contributed by atoms with Crippen LogP contribution in [0.5, 0.6) is 0 Å². The number of amides is 4. The van der Waals surface area contributed by atoms with Crippen LogP contribution in [0.3, 0.4) is 0 Å². The lowest BCUT2D eigenvalue weighted by Gasteiger charge is -2.29. The van der Waals surface area contributed by atoms with Gasteiger partial charge in [0.1, 0.15) is 0 Å². The molecule has 1 aliphatic carbocycles. The molecule has 0 aromatic heterocycles. The molecule has 2 aromatic carbocycles. The lowest BCUT2D eigenvalue weighted by molar-refractivity contribution is -0.131. The predicted octanol–water partition coefficient (Wildman–Crippen LogP) is 4.46. The molecule has 36 heavy (non-hydrogen) atoms. The molecule has 1 aliphatic rings. The van der Waals surface area contributed by atoms with Crippen molar-refractivity contribution in [2.24, 2.45) is 11.8 Å². The maximum atomic E-state index is 13.0. The van der Waals surface area contributed by atoms with E-state index in [4.69, 9.17) is 0 Å². The fourth-order valence-corrected chi connectivity index (χ4v) is 4.67. The second kappa shape index (κ2) is 12.3. The number of anilines is 2. The van der Waals surface area contributed by atoms with Gasteiger partial charge in [-0.1, -0.05) is 30.7 Å². The Labute approximate surface area is 212 Å². The maximum absolute atomic E-state index is 13.0. The molecular formula is C28H36N4O4. The smallest absolute Gasteiger partial charge is 0.223 e. The van der Waals surface area contributed by atoms with Gasteiger partial charge in [0.15, 0.2) is 0 Å². The van der Waals surface area contributed by atoms with Gasteiger partial charge in [0, 0.05) is 37.1 Å². The molecule has 0 heterocycles. The third-order valence-corrected chi connectivity index (χ3v) is 6.55. The van der Waals surface area contributed by atoms with E-state index in [1.165, 1.54) is 13.8 Å². The van der Waals surface area contributed by atoms with E-state index in [2.05, 4.69) is 21.3 Å². The van der Waals surface area contributed by atoms with Crippen molar-refractivity contribution in [3.63, 3.8) is 0 Å². The van der Waals surface area contributed by atoms with Gasteiger partial charge >= 0.3 is 0 Å². The summed E-state index contributed by atoms with van der Waals surface area (Å²) < 4.78 is 0. The third kappa shape index (κ3) is 7.66. The van der Waals surface area contributed by atoms with Gasteiger partial charge in [0.05, 0.1) is 12.1 Å². The summed E-state index contributed by atoms with van der Waals surface area (Å²) >= 11 is 0. The topological polar surface area (TPSA) is 116 Å². The Balaban J connectivity index is 1.56. The predicted molar refractivity (Wildman–Crippen MR) is 140 cm³/mol. The zero-order valence-electron chi connectivity index (χ0n) is 21.4. The van der Waals surface area contributed by atoms with Crippen LogP contribution >= 0.6 is 0 Å². The molecular weight excluding hydrogens is 456 g/mol. The van der Waals surface area contributed by atoms with E-state index in [1.807, 2.05) is 50.2 Å². The van der Waals surface area contributed by atoms with Crippen molar-refractivity contribution in [3.05, 3.63) is 59.7 Å². The molecule has 0 spiro atoms. The lowest BCUT2D eigenvalue weighted by atomic mass is 9.80. The van der Waals surface area contributed by atoms with Crippen LogP contribution in [0.25, 0.3) is 0 Å². The van der Waals surface area contributed by atoms with Crippen molar-refractivity contribution >= 4 is 35.0 Å². The van der Waals surface area contributed by atoms with Crippen molar-refractivity contribution in [2.45, 2.75) is 65.5 Å². The molecule has 192 valence electrons.